The van der Waals surface area contributed by atoms with E-state index in [9.17, 15) is 14.4 Å². The first-order chi connectivity index (χ1) is 14.0. The lowest BCUT2D eigenvalue weighted by molar-refractivity contribution is -0.140. The van der Waals surface area contributed by atoms with E-state index in [2.05, 4.69) is 0 Å². The molecule has 1 aliphatic carbocycles. The second kappa shape index (κ2) is 7.09. The average molecular weight is 394 g/mol. The lowest BCUT2D eigenvalue weighted by Gasteiger charge is -2.31. The van der Waals surface area contributed by atoms with Crippen molar-refractivity contribution in [3.05, 3.63) is 64.4 Å². The number of esters is 1. The third kappa shape index (κ3) is 2.77. The summed E-state index contributed by atoms with van der Waals surface area (Å²) in [6.45, 7) is 0. The second-order valence-corrected chi connectivity index (χ2v) is 6.60. The molecule has 0 amide bonds. The predicted molar refractivity (Wildman–Crippen MR) is 102 cm³/mol. The van der Waals surface area contributed by atoms with E-state index in [0.29, 0.717) is 28.4 Å². The highest BCUT2D eigenvalue weighted by molar-refractivity contribution is 6.27. The van der Waals surface area contributed by atoms with Gasteiger partial charge in [-0.3, -0.25) is 14.4 Å². The van der Waals surface area contributed by atoms with Crippen LogP contribution >= 0.6 is 0 Å². The third-order valence-corrected chi connectivity index (χ3v) is 5.16. The first-order valence-corrected chi connectivity index (χ1v) is 8.93. The molecule has 2 aromatic carbocycles. The molecule has 0 saturated carbocycles. The van der Waals surface area contributed by atoms with Crippen molar-refractivity contribution in [1.29, 1.82) is 0 Å². The van der Waals surface area contributed by atoms with Gasteiger partial charge in [0.2, 0.25) is 11.5 Å². The van der Waals surface area contributed by atoms with Gasteiger partial charge in [0, 0.05) is 22.6 Å². The molecule has 148 valence electrons. The van der Waals surface area contributed by atoms with Crippen molar-refractivity contribution in [1.82, 2.24) is 0 Å². The number of ketones is 2. The van der Waals surface area contributed by atoms with E-state index in [1.165, 1.54) is 21.3 Å². The summed E-state index contributed by atoms with van der Waals surface area (Å²) in [6, 6.07) is 9.87. The van der Waals surface area contributed by atoms with Crippen LogP contribution < -0.4 is 14.2 Å². The summed E-state index contributed by atoms with van der Waals surface area (Å²) in [7, 11) is 4.42. The molecule has 1 aliphatic heterocycles. The lowest BCUT2D eigenvalue weighted by Crippen LogP contribution is -2.33. The van der Waals surface area contributed by atoms with Crippen LogP contribution in [0.5, 0.6) is 17.2 Å². The number of benzene rings is 2. The van der Waals surface area contributed by atoms with Crippen LogP contribution in [0.1, 0.15) is 38.6 Å². The summed E-state index contributed by atoms with van der Waals surface area (Å²) in [5, 5.41) is 0. The summed E-state index contributed by atoms with van der Waals surface area (Å²) >= 11 is 0. The Labute approximate surface area is 166 Å². The van der Waals surface area contributed by atoms with Gasteiger partial charge in [0.1, 0.15) is 0 Å². The number of hydrogen-bond acceptors (Lipinski definition) is 7. The van der Waals surface area contributed by atoms with Gasteiger partial charge < -0.3 is 18.9 Å². The van der Waals surface area contributed by atoms with Gasteiger partial charge in [-0.2, -0.15) is 0 Å². The van der Waals surface area contributed by atoms with E-state index in [1.54, 1.807) is 36.4 Å². The van der Waals surface area contributed by atoms with Crippen LogP contribution in [0, 0.1) is 0 Å². The largest absolute Gasteiger partial charge is 0.493 e. The number of allylic oxidation sites excluding steroid dienone is 2. The van der Waals surface area contributed by atoms with Crippen LogP contribution in [-0.4, -0.2) is 38.9 Å². The fourth-order valence-electron chi connectivity index (χ4n) is 3.88. The molecule has 0 fully saturated rings. The van der Waals surface area contributed by atoms with E-state index in [-0.39, 0.29) is 29.1 Å². The van der Waals surface area contributed by atoms with Crippen LogP contribution in [-0.2, 0) is 9.53 Å². The monoisotopic (exact) mass is 394 g/mol. The molecule has 2 aromatic rings. The van der Waals surface area contributed by atoms with E-state index in [0.717, 1.165) is 0 Å². The van der Waals surface area contributed by atoms with E-state index >= 15 is 0 Å². The maximum Gasteiger partial charge on any atom is 0.312 e. The Morgan fingerprint density at radius 2 is 1.48 bits per heavy atom. The normalized spacial score (nSPS) is 18.0. The van der Waals surface area contributed by atoms with Crippen LogP contribution in [0.25, 0.3) is 0 Å². The Hall–Kier alpha value is -3.61. The summed E-state index contributed by atoms with van der Waals surface area (Å²) in [5.41, 5.74) is 1.20. The van der Waals surface area contributed by atoms with Gasteiger partial charge in [-0.05, 0) is 6.07 Å². The molecule has 0 bridgehead atoms. The fraction of sp³-hybridized carbons (Fsp3) is 0.227. The Bertz CT molecular complexity index is 1080. The Morgan fingerprint density at radius 3 is 2.10 bits per heavy atom. The highest BCUT2D eigenvalue weighted by Gasteiger charge is 2.44. The van der Waals surface area contributed by atoms with E-state index in [1.807, 2.05) is 0 Å². The number of carbonyl (C=O) groups excluding carboxylic acids is 3. The third-order valence-electron chi connectivity index (χ3n) is 5.16. The summed E-state index contributed by atoms with van der Waals surface area (Å²) in [5.74, 6) is -1.24. The molecule has 29 heavy (non-hydrogen) atoms. The molecule has 4 rings (SSSR count). The molecule has 0 N–H and O–H groups in total. The number of rotatable bonds is 4. The van der Waals surface area contributed by atoms with Gasteiger partial charge in [-0.1, -0.05) is 30.3 Å². The standard InChI is InChI=1S/C22H18O7/c1-26-15-9-8-13(20(27-2)21(15)28-3)14-10-16(23)29-22-17(14)18(24)11-6-4-5-7-12(11)19(22)25/h4-9,14H,10H2,1-3H3. The first-order valence-electron chi connectivity index (χ1n) is 8.93. The van der Waals surface area contributed by atoms with Gasteiger partial charge in [0.15, 0.2) is 23.0 Å². The molecule has 1 heterocycles. The van der Waals surface area contributed by atoms with Gasteiger partial charge in [-0.15, -0.1) is 0 Å². The van der Waals surface area contributed by atoms with E-state index < -0.39 is 17.7 Å². The summed E-state index contributed by atoms with van der Waals surface area (Å²) in [6.07, 6.45) is -0.105. The minimum absolute atomic E-state index is 0.105. The Morgan fingerprint density at radius 1 is 0.828 bits per heavy atom. The van der Waals surface area contributed by atoms with Crippen molar-refractivity contribution in [2.45, 2.75) is 12.3 Å². The van der Waals surface area contributed by atoms with Gasteiger partial charge in [-0.25, -0.2) is 0 Å². The van der Waals surface area contributed by atoms with Gasteiger partial charge >= 0.3 is 5.97 Å². The van der Waals surface area contributed by atoms with Crippen molar-refractivity contribution in [3.8, 4) is 17.2 Å². The van der Waals surface area contributed by atoms with E-state index in [4.69, 9.17) is 18.9 Å². The molecule has 0 radical (unpaired) electrons. The van der Waals surface area contributed by atoms with Crippen molar-refractivity contribution in [3.63, 3.8) is 0 Å². The maximum absolute atomic E-state index is 13.3. The Balaban J connectivity index is 1.94. The zero-order valence-electron chi connectivity index (χ0n) is 16.1. The minimum atomic E-state index is -0.717. The van der Waals surface area contributed by atoms with Crippen LogP contribution in [0.2, 0.25) is 0 Å². The van der Waals surface area contributed by atoms with Crippen LogP contribution in [0.3, 0.4) is 0 Å². The zero-order chi connectivity index (χ0) is 20.7. The van der Waals surface area contributed by atoms with Crippen LogP contribution in [0.4, 0.5) is 0 Å². The molecule has 0 spiro atoms. The minimum Gasteiger partial charge on any atom is -0.493 e. The topological polar surface area (TPSA) is 88.1 Å². The van der Waals surface area contributed by atoms with Crippen molar-refractivity contribution in [2.75, 3.05) is 21.3 Å². The van der Waals surface area contributed by atoms with Crippen LogP contribution in [0.15, 0.2) is 47.7 Å². The molecule has 0 aromatic heterocycles. The van der Waals surface area contributed by atoms with Crippen molar-refractivity contribution in [2.24, 2.45) is 0 Å². The quantitative estimate of drug-likeness (QED) is 0.737. The van der Waals surface area contributed by atoms with Gasteiger partial charge in [0.25, 0.3) is 0 Å². The van der Waals surface area contributed by atoms with Crippen molar-refractivity contribution < 1.29 is 33.3 Å². The summed E-state index contributed by atoms with van der Waals surface area (Å²) < 4.78 is 21.5. The number of ether oxygens (including phenoxy) is 4. The smallest absolute Gasteiger partial charge is 0.312 e. The molecular weight excluding hydrogens is 376 g/mol. The average Bonchev–Trinajstić information content (AvgIpc) is 2.75. The number of Topliss-reactive ketones (excluding diaryl/α,β-unsaturated/α-hetero) is 2. The first kappa shape index (κ1) is 18.7. The number of methoxy groups -OCH3 is 3. The highest BCUT2D eigenvalue weighted by atomic mass is 16.5. The Kier molecular flexibility index (Phi) is 4.58. The molecule has 7 nitrogen and oxygen atoms in total. The zero-order valence-corrected chi connectivity index (χ0v) is 16.1. The summed E-state index contributed by atoms with van der Waals surface area (Å²) in [4.78, 5) is 38.5. The molecular formula is C22H18O7. The molecule has 1 atom stereocenters. The maximum atomic E-state index is 13.3. The highest BCUT2D eigenvalue weighted by Crippen LogP contribution is 2.48. The fourth-order valence-corrected chi connectivity index (χ4v) is 3.88. The number of carbonyl (C=O) groups is 3. The number of hydrogen-bond donors (Lipinski definition) is 0. The molecule has 0 saturated heterocycles. The molecule has 1 unspecified atom stereocenters. The molecule has 2 aliphatic rings. The second-order valence-electron chi connectivity index (χ2n) is 6.60. The SMILES string of the molecule is COc1ccc(C2CC(=O)OC3=C2C(=O)c2ccccc2C3=O)c(OC)c1OC. The number of fused-ring (bicyclic) bond motifs is 1. The lowest BCUT2D eigenvalue weighted by atomic mass is 9.76. The molecule has 7 heteroatoms. The predicted octanol–water partition coefficient (Wildman–Crippen LogP) is 3.08. The van der Waals surface area contributed by atoms with Gasteiger partial charge in [0.05, 0.1) is 33.3 Å². The van der Waals surface area contributed by atoms with Crippen molar-refractivity contribution >= 4 is 17.5 Å².